The van der Waals surface area contributed by atoms with Gasteiger partial charge in [0.1, 0.15) is 0 Å². The second-order valence-electron chi connectivity index (χ2n) is 14.2. The van der Waals surface area contributed by atoms with Gasteiger partial charge in [0.25, 0.3) is 0 Å². The predicted molar refractivity (Wildman–Crippen MR) is 244 cm³/mol. The van der Waals surface area contributed by atoms with Crippen LogP contribution in [0.2, 0.25) is 0 Å². The van der Waals surface area contributed by atoms with Gasteiger partial charge in [-0.15, -0.1) is 11.3 Å². The number of rotatable bonds is 5. The maximum Gasteiger partial charge on any atom is 0.166 e. The maximum absolute atomic E-state index is 9.48. The summed E-state index contributed by atoms with van der Waals surface area (Å²) in [5, 5.41) is 6.34. The molecule has 58 heavy (non-hydrogen) atoms. The molecule has 0 amide bonds. The van der Waals surface area contributed by atoms with E-state index in [1.54, 1.807) is 15.9 Å². The molecule has 9 aromatic carbocycles. The Hall–Kier alpha value is -7.47. The summed E-state index contributed by atoms with van der Waals surface area (Å²) in [6.07, 6.45) is 0. The van der Waals surface area contributed by atoms with Gasteiger partial charge in [-0.05, 0) is 63.5 Å². The van der Waals surface area contributed by atoms with Crippen molar-refractivity contribution in [2.75, 3.05) is 0 Å². The first kappa shape index (κ1) is 25.6. The van der Waals surface area contributed by atoms with Crippen LogP contribution in [0, 0.1) is 0 Å². The summed E-state index contributed by atoms with van der Waals surface area (Å²) in [5.41, 5.74) is 3.65. The molecule has 0 aliphatic heterocycles. The molecule has 5 heteroatoms. The minimum atomic E-state index is -0.515. The molecule has 4 nitrogen and oxygen atoms in total. The Morgan fingerprint density at radius 1 is 0.397 bits per heavy atom. The molecule has 0 atom stereocenters. The van der Waals surface area contributed by atoms with E-state index < -0.39 is 48.3 Å². The number of benzene rings is 9. The van der Waals surface area contributed by atoms with Crippen molar-refractivity contribution < 1.29 is 11.0 Å². The highest BCUT2D eigenvalue weighted by Gasteiger charge is 2.23. The second-order valence-corrected chi connectivity index (χ2v) is 15.3. The van der Waals surface area contributed by atoms with Crippen molar-refractivity contribution in [2.24, 2.45) is 0 Å². The van der Waals surface area contributed by atoms with E-state index in [-0.39, 0.29) is 27.6 Å². The van der Waals surface area contributed by atoms with Crippen LogP contribution in [0.1, 0.15) is 11.0 Å². The zero-order chi connectivity index (χ0) is 45.1. The van der Waals surface area contributed by atoms with E-state index in [4.69, 9.17) is 20.4 Å². The maximum atomic E-state index is 9.48. The fourth-order valence-electron chi connectivity index (χ4n) is 8.22. The summed E-state index contributed by atoms with van der Waals surface area (Å²) in [7, 11) is 0. The van der Waals surface area contributed by atoms with Crippen LogP contribution < -0.4 is 0 Å². The number of aromatic nitrogens is 4. The monoisotopic (exact) mass is 764 g/mol. The molecule has 0 bridgehead atoms. The average molecular weight is 765 g/mol. The van der Waals surface area contributed by atoms with Crippen molar-refractivity contribution in [2.45, 2.75) is 0 Å². The lowest BCUT2D eigenvalue weighted by Crippen LogP contribution is -2.05. The summed E-state index contributed by atoms with van der Waals surface area (Å²) in [5.74, 6) is 1.04. The molecule has 12 aromatic rings. The Balaban J connectivity index is 1.24. The standard InChI is InChI=1S/C53H32N4S/c1-2-14-35(15-3-1)51-54-52(37-29-30-43-42-19-8-11-24-48(42)58-49(43)32-37)56-53(55-51)44-21-12-20-39(36-28-27-34-26-25-33-13-4-5-16-38(33)45(34)31-36)50(44)57-46-22-9-6-17-40(46)41-18-7-10-23-47(41)57/h1-32H/i6D,7D,9D,10D,17D,18D,22D,23D. The van der Waals surface area contributed by atoms with Gasteiger partial charge in [0.2, 0.25) is 0 Å². The Labute approximate surface area is 349 Å². The first-order valence-electron chi connectivity index (χ1n) is 22.9. The van der Waals surface area contributed by atoms with Crippen LogP contribution in [0.5, 0.6) is 0 Å². The van der Waals surface area contributed by atoms with Gasteiger partial charge < -0.3 is 4.57 Å². The van der Waals surface area contributed by atoms with Crippen LogP contribution in [-0.2, 0) is 0 Å². The van der Waals surface area contributed by atoms with Gasteiger partial charge in [-0.3, -0.25) is 0 Å². The number of hydrogen-bond donors (Lipinski definition) is 0. The van der Waals surface area contributed by atoms with Gasteiger partial charge >= 0.3 is 0 Å². The molecule has 0 spiro atoms. The van der Waals surface area contributed by atoms with Gasteiger partial charge in [-0.2, -0.15) is 0 Å². The molecule has 0 fully saturated rings. The third kappa shape index (κ3) is 5.18. The smallest absolute Gasteiger partial charge is 0.166 e. The largest absolute Gasteiger partial charge is 0.308 e. The van der Waals surface area contributed by atoms with E-state index >= 15 is 0 Å². The number of para-hydroxylation sites is 3. The van der Waals surface area contributed by atoms with E-state index in [0.29, 0.717) is 28.5 Å². The Morgan fingerprint density at radius 2 is 1.00 bits per heavy atom. The molecule has 0 aliphatic carbocycles. The molecule has 0 aliphatic rings. The van der Waals surface area contributed by atoms with Crippen molar-refractivity contribution in [1.29, 1.82) is 0 Å². The lowest BCUT2D eigenvalue weighted by molar-refractivity contribution is 1.07. The summed E-state index contributed by atoms with van der Waals surface area (Å²) < 4.78 is 76.6. The quantitative estimate of drug-likeness (QED) is 0.164. The highest BCUT2D eigenvalue weighted by molar-refractivity contribution is 7.25. The molecule has 0 saturated heterocycles. The van der Waals surface area contributed by atoms with Crippen molar-refractivity contribution in [3.05, 3.63) is 194 Å². The fraction of sp³-hybridized carbons (Fsp3) is 0. The average Bonchev–Trinajstić information content (AvgIpc) is 3.92. The van der Waals surface area contributed by atoms with Gasteiger partial charge in [0.05, 0.1) is 27.7 Å². The van der Waals surface area contributed by atoms with Crippen LogP contribution in [0.25, 0.3) is 115 Å². The van der Waals surface area contributed by atoms with Crippen LogP contribution in [0.3, 0.4) is 0 Å². The lowest BCUT2D eigenvalue weighted by atomic mass is 9.94. The van der Waals surface area contributed by atoms with E-state index in [1.165, 1.54) is 0 Å². The van der Waals surface area contributed by atoms with Gasteiger partial charge in [-0.25, -0.2) is 15.0 Å². The zero-order valence-corrected chi connectivity index (χ0v) is 31.4. The van der Waals surface area contributed by atoms with Crippen LogP contribution >= 0.6 is 11.3 Å². The van der Waals surface area contributed by atoms with Crippen molar-refractivity contribution in [3.63, 3.8) is 0 Å². The highest BCUT2D eigenvalue weighted by Crippen LogP contribution is 2.43. The van der Waals surface area contributed by atoms with E-state index in [1.807, 2.05) is 91.0 Å². The lowest BCUT2D eigenvalue weighted by Gasteiger charge is -2.19. The third-order valence-corrected chi connectivity index (χ3v) is 12.0. The Kier molecular flexibility index (Phi) is 5.77. The number of nitrogens with zero attached hydrogens (tertiary/aromatic N) is 4. The van der Waals surface area contributed by atoms with Crippen molar-refractivity contribution in [1.82, 2.24) is 19.5 Å². The topological polar surface area (TPSA) is 43.6 Å². The summed E-state index contributed by atoms with van der Waals surface area (Å²) in [6.45, 7) is 0. The summed E-state index contributed by atoms with van der Waals surface area (Å²) in [6, 6.07) is 44.4. The van der Waals surface area contributed by atoms with Crippen molar-refractivity contribution >= 4 is 74.9 Å². The molecule has 12 rings (SSSR count). The van der Waals surface area contributed by atoms with Crippen LogP contribution in [0.4, 0.5) is 0 Å². The fourth-order valence-corrected chi connectivity index (χ4v) is 9.36. The molecular formula is C53H32N4S. The molecule has 0 saturated carbocycles. The van der Waals surface area contributed by atoms with E-state index in [0.717, 1.165) is 58.4 Å². The van der Waals surface area contributed by atoms with E-state index in [9.17, 15) is 5.48 Å². The van der Waals surface area contributed by atoms with Crippen LogP contribution in [-0.4, -0.2) is 19.5 Å². The summed E-state index contributed by atoms with van der Waals surface area (Å²) in [4.78, 5) is 15.5. The SMILES string of the molecule is [2H]c1c([2H])c([2H])c2c(c1[2H])c1c([2H])c([2H])c([2H])c([2H])c1n2-c1c(-c2ccc3ccc4ccccc4c3c2)cccc1-c1nc(-c2ccccc2)nc(-c2ccc3c(c2)sc2ccccc23)n1. The van der Waals surface area contributed by atoms with Gasteiger partial charge in [-0.1, -0.05) is 158 Å². The Morgan fingerprint density at radius 3 is 1.81 bits per heavy atom. The number of hydrogen-bond acceptors (Lipinski definition) is 4. The predicted octanol–water partition coefficient (Wildman–Crippen LogP) is 14.3. The Bertz CT molecular complexity index is 3980. The van der Waals surface area contributed by atoms with Gasteiger partial charge in [0.15, 0.2) is 17.5 Å². The minimum absolute atomic E-state index is 0.00397. The minimum Gasteiger partial charge on any atom is -0.308 e. The molecule has 3 aromatic heterocycles. The van der Waals surface area contributed by atoms with Gasteiger partial charge in [0, 0.05) is 53.2 Å². The van der Waals surface area contributed by atoms with Crippen LogP contribution in [0.15, 0.2) is 194 Å². The molecule has 0 unspecified atom stereocenters. The molecule has 0 radical (unpaired) electrons. The van der Waals surface area contributed by atoms with E-state index in [2.05, 4.69) is 54.6 Å². The third-order valence-electron chi connectivity index (χ3n) is 10.9. The first-order chi connectivity index (χ1) is 32.1. The van der Waals surface area contributed by atoms with Crippen molar-refractivity contribution in [3.8, 4) is 51.0 Å². The zero-order valence-electron chi connectivity index (χ0n) is 38.6. The molecular weight excluding hydrogens is 725 g/mol. The normalized spacial score (nSPS) is 13.7. The first-order valence-corrected chi connectivity index (χ1v) is 19.7. The second kappa shape index (κ2) is 13.1. The molecule has 0 N–H and O–H groups in total. The summed E-state index contributed by atoms with van der Waals surface area (Å²) >= 11 is 1.69. The molecule has 270 valence electrons. The molecule has 3 heterocycles. The number of fused-ring (bicyclic) bond motifs is 9. The highest BCUT2D eigenvalue weighted by atomic mass is 32.1. The number of thiophene rings is 1.